The molecular weight excluding hydrogens is 440 g/mol. The molecule has 1 saturated heterocycles. The number of nitrogens with one attached hydrogen (secondary N) is 1. The second-order valence-electron chi connectivity index (χ2n) is 8.10. The van der Waals surface area contributed by atoms with Gasteiger partial charge >= 0.3 is 0 Å². The second kappa shape index (κ2) is 8.49. The van der Waals surface area contributed by atoms with Gasteiger partial charge in [0.15, 0.2) is 5.76 Å². The molecule has 0 spiro atoms. The number of carbonyl (C=O) groups excluding carboxylic acids is 1. The van der Waals surface area contributed by atoms with Crippen molar-refractivity contribution in [2.24, 2.45) is 0 Å². The van der Waals surface area contributed by atoms with E-state index in [1.165, 1.54) is 16.4 Å². The van der Waals surface area contributed by atoms with E-state index < -0.39 is 15.9 Å². The van der Waals surface area contributed by atoms with Gasteiger partial charge in [0.05, 0.1) is 0 Å². The van der Waals surface area contributed by atoms with E-state index in [0.717, 1.165) is 36.0 Å². The first-order chi connectivity index (χ1) is 15.9. The molecule has 33 heavy (non-hydrogen) atoms. The summed E-state index contributed by atoms with van der Waals surface area (Å²) in [6.45, 7) is 2.88. The van der Waals surface area contributed by atoms with Crippen LogP contribution in [-0.2, 0) is 10.0 Å². The molecule has 1 N–H and O–H groups in total. The van der Waals surface area contributed by atoms with Crippen molar-refractivity contribution < 1.29 is 17.6 Å². The number of aryl methyl sites for hydroxylation is 1. The van der Waals surface area contributed by atoms with Crippen LogP contribution in [0.15, 0.2) is 70.3 Å². The van der Waals surface area contributed by atoms with Crippen LogP contribution in [-0.4, -0.2) is 41.1 Å². The maximum Gasteiger partial charge on any atom is 0.292 e. The standard InChI is InChI=1S/C24H24N4O4S/c1-17-9-8-16-28-22(17)25-21(18-10-4-2-5-11-18)23(28)26-24(29)19-12-13-20(32-19)33(30,31)27-14-6-3-7-15-27/h2,4-5,8-13,16H,3,6-7,14-15H2,1H3,(H,26,29). The lowest BCUT2D eigenvalue weighted by atomic mass is 10.1. The Morgan fingerprint density at radius 1 is 1.00 bits per heavy atom. The van der Waals surface area contributed by atoms with Crippen molar-refractivity contribution in [3.8, 4) is 11.3 Å². The van der Waals surface area contributed by atoms with E-state index in [-0.39, 0.29) is 10.9 Å². The third-order valence-corrected chi connectivity index (χ3v) is 7.61. The molecule has 0 atom stereocenters. The first kappa shape index (κ1) is 21.4. The number of anilines is 1. The number of carbonyl (C=O) groups is 1. The van der Waals surface area contributed by atoms with Gasteiger partial charge in [0.25, 0.3) is 15.9 Å². The highest BCUT2D eigenvalue weighted by Gasteiger charge is 2.30. The third-order valence-electron chi connectivity index (χ3n) is 5.84. The summed E-state index contributed by atoms with van der Waals surface area (Å²) >= 11 is 0. The van der Waals surface area contributed by atoms with Crippen LogP contribution >= 0.6 is 0 Å². The molecule has 170 valence electrons. The quantitative estimate of drug-likeness (QED) is 0.474. The number of rotatable bonds is 5. The van der Waals surface area contributed by atoms with Crippen LogP contribution in [0.1, 0.15) is 35.4 Å². The number of amides is 1. The van der Waals surface area contributed by atoms with Crippen molar-refractivity contribution in [2.75, 3.05) is 18.4 Å². The Morgan fingerprint density at radius 2 is 1.76 bits per heavy atom. The molecule has 4 heterocycles. The Labute approximate surface area is 191 Å². The van der Waals surface area contributed by atoms with Crippen molar-refractivity contribution in [1.29, 1.82) is 0 Å². The molecule has 1 fully saturated rings. The SMILES string of the molecule is Cc1cccn2c(NC(=O)c3ccc(S(=O)(=O)N4CCCCC4)o3)c(-c3ccccc3)nc12. The number of imidazole rings is 1. The molecule has 0 aliphatic carbocycles. The fourth-order valence-electron chi connectivity index (χ4n) is 4.10. The molecule has 3 aromatic heterocycles. The highest BCUT2D eigenvalue weighted by atomic mass is 32.2. The average molecular weight is 465 g/mol. The molecule has 8 nitrogen and oxygen atoms in total. The Bertz CT molecular complexity index is 1420. The van der Waals surface area contributed by atoms with Crippen molar-refractivity contribution in [2.45, 2.75) is 31.3 Å². The van der Waals surface area contributed by atoms with Crippen LogP contribution in [0.5, 0.6) is 0 Å². The maximum atomic E-state index is 13.1. The predicted octanol–water partition coefficient (Wildman–Crippen LogP) is 4.33. The molecule has 1 aromatic carbocycles. The lowest BCUT2D eigenvalue weighted by Gasteiger charge is -2.24. The Balaban J connectivity index is 1.49. The number of nitrogens with zero attached hydrogens (tertiary/aromatic N) is 3. The number of furan rings is 1. The van der Waals surface area contributed by atoms with Crippen LogP contribution in [0.25, 0.3) is 16.9 Å². The van der Waals surface area contributed by atoms with Crippen LogP contribution < -0.4 is 5.32 Å². The predicted molar refractivity (Wildman–Crippen MR) is 125 cm³/mol. The zero-order chi connectivity index (χ0) is 23.0. The first-order valence-corrected chi connectivity index (χ1v) is 12.3. The minimum atomic E-state index is -3.76. The summed E-state index contributed by atoms with van der Waals surface area (Å²) in [6.07, 6.45) is 4.48. The molecule has 4 aromatic rings. The van der Waals surface area contributed by atoms with Crippen molar-refractivity contribution >= 4 is 27.4 Å². The van der Waals surface area contributed by atoms with E-state index in [1.54, 1.807) is 0 Å². The monoisotopic (exact) mass is 464 g/mol. The molecule has 5 rings (SSSR count). The first-order valence-electron chi connectivity index (χ1n) is 10.9. The summed E-state index contributed by atoms with van der Waals surface area (Å²) in [5.74, 6) is -0.135. The number of piperidine rings is 1. The van der Waals surface area contributed by atoms with E-state index in [1.807, 2.05) is 60.0 Å². The summed E-state index contributed by atoms with van der Waals surface area (Å²) in [7, 11) is -3.76. The molecular formula is C24H24N4O4S. The van der Waals surface area contributed by atoms with Gasteiger partial charge in [-0.25, -0.2) is 13.4 Å². The maximum absolute atomic E-state index is 13.1. The number of fused-ring (bicyclic) bond motifs is 1. The summed E-state index contributed by atoms with van der Waals surface area (Å²) in [5.41, 5.74) is 3.15. The van der Waals surface area contributed by atoms with E-state index in [4.69, 9.17) is 9.40 Å². The zero-order valence-electron chi connectivity index (χ0n) is 18.2. The molecule has 0 unspecified atom stereocenters. The lowest BCUT2D eigenvalue weighted by Crippen LogP contribution is -2.35. The number of benzene rings is 1. The third kappa shape index (κ3) is 3.94. The lowest BCUT2D eigenvalue weighted by molar-refractivity contribution is 0.0991. The second-order valence-corrected chi connectivity index (χ2v) is 9.97. The molecule has 0 bridgehead atoms. The highest BCUT2D eigenvalue weighted by Crippen LogP contribution is 2.30. The summed E-state index contributed by atoms with van der Waals surface area (Å²) in [5, 5.41) is 2.66. The smallest absolute Gasteiger partial charge is 0.292 e. The highest BCUT2D eigenvalue weighted by molar-refractivity contribution is 7.89. The van der Waals surface area contributed by atoms with Gasteiger partial charge in [-0.3, -0.25) is 9.20 Å². The molecule has 0 saturated carbocycles. The Kier molecular flexibility index (Phi) is 5.51. The van der Waals surface area contributed by atoms with Gasteiger partial charge in [0, 0.05) is 24.8 Å². The zero-order valence-corrected chi connectivity index (χ0v) is 19.0. The Hall–Kier alpha value is -3.43. The van der Waals surface area contributed by atoms with Gasteiger partial charge in [-0.1, -0.05) is 42.8 Å². The average Bonchev–Trinajstić information content (AvgIpc) is 3.48. The van der Waals surface area contributed by atoms with Gasteiger partial charge in [-0.05, 0) is 43.5 Å². The summed E-state index contributed by atoms with van der Waals surface area (Å²) in [4.78, 5) is 17.8. The minimum absolute atomic E-state index is 0.0767. The molecule has 1 aliphatic rings. The van der Waals surface area contributed by atoms with E-state index >= 15 is 0 Å². The largest absolute Gasteiger partial charge is 0.438 e. The summed E-state index contributed by atoms with van der Waals surface area (Å²) in [6, 6.07) is 16.1. The Morgan fingerprint density at radius 3 is 2.52 bits per heavy atom. The van der Waals surface area contributed by atoms with Gasteiger partial charge < -0.3 is 9.73 Å². The van der Waals surface area contributed by atoms with E-state index in [9.17, 15) is 13.2 Å². The topological polar surface area (TPSA) is 96.9 Å². The van der Waals surface area contributed by atoms with Crippen molar-refractivity contribution in [1.82, 2.24) is 13.7 Å². The van der Waals surface area contributed by atoms with Crippen molar-refractivity contribution in [3.63, 3.8) is 0 Å². The van der Waals surface area contributed by atoms with Crippen LogP contribution in [0, 0.1) is 6.92 Å². The van der Waals surface area contributed by atoms with Gasteiger partial charge in [-0.15, -0.1) is 0 Å². The summed E-state index contributed by atoms with van der Waals surface area (Å²) < 4.78 is 34.5. The number of pyridine rings is 1. The fourth-order valence-corrected chi connectivity index (χ4v) is 5.53. The van der Waals surface area contributed by atoms with Gasteiger partial charge in [0.1, 0.15) is 17.2 Å². The molecule has 0 radical (unpaired) electrons. The van der Waals surface area contributed by atoms with Crippen molar-refractivity contribution in [3.05, 3.63) is 72.1 Å². The minimum Gasteiger partial charge on any atom is -0.438 e. The number of hydrogen-bond donors (Lipinski definition) is 1. The van der Waals surface area contributed by atoms with Crippen LogP contribution in [0.2, 0.25) is 0 Å². The molecule has 9 heteroatoms. The van der Waals surface area contributed by atoms with Gasteiger partial charge in [0.2, 0.25) is 5.09 Å². The fraction of sp³-hybridized carbons (Fsp3) is 0.250. The van der Waals surface area contributed by atoms with Crippen LogP contribution in [0.4, 0.5) is 5.82 Å². The normalized spacial score (nSPS) is 15.1. The number of sulfonamides is 1. The number of hydrogen-bond acceptors (Lipinski definition) is 5. The molecule has 1 amide bonds. The van der Waals surface area contributed by atoms with E-state index in [2.05, 4.69) is 5.32 Å². The van der Waals surface area contributed by atoms with Crippen LogP contribution in [0.3, 0.4) is 0 Å². The number of aromatic nitrogens is 2. The molecule has 1 aliphatic heterocycles. The van der Waals surface area contributed by atoms with E-state index in [0.29, 0.717) is 24.6 Å². The van der Waals surface area contributed by atoms with Gasteiger partial charge in [-0.2, -0.15) is 4.31 Å².